The number of aliphatic carboxylic acids is 1. The van der Waals surface area contributed by atoms with E-state index in [0.29, 0.717) is 12.0 Å². The van der Waals surface area contributed by atoms with Gasteiger partial charge in [-0.15, -0.1) is 0 Å². The fraction of sp³-hybridized carbons (Fsp3) is 0.909. The van der Waals surface area contributed by atoms with Gasteiger partial charge in [0.25, 0.3) is 0 Å². The molecule has 3 rings (SSSR count). The fourth-order valence-electron chi connectivity index (χ4n) is 3.68. The summed E-state index contributed by atoms with van der Waals surface area (Å²) in [5.41, 5.74) is 5.93. The summed E-state index contributed by atoms with van der Waals surface area (Å²) in [6.07, 6.45) is 3.47. The molecule has 0 aromatic rings. The van der Waals surface area contributed by atoms with E-state index in [-0.39, 0.29) is 18.2 Å². The van der Waals surface area contributed by atoms with E-state index in [1.165, 1.54) is 0 Å². The van der Waals surface area contributed by atoms with Gasteiger partial charge in [-0.25, -0.2) is 10.9 Å². The minimum atomic E-state index is -0.771. The summed E-state index contributed by atoms with van der Waals surface area (Å²) in [4.78, 5) is 11.2. The van der Waals surface area contributed by atoms with Crippen LogP contribution >= 0.6 is 0 Å². The van der Waals surface area contributed by atoms with Crippen LogP contribution in [-0.2, 0) is 9.53 Å². The molecule has 0 spiro atoms. The van der Waals surface area contributed by atoms with Crippen LogP contribution < -0.4 is 16.2 Å². The van der Waals surface area contributed by atoms with Gasteiger partial charge in [-0.2, -0.15) is 0 Å². The first-order valence-electron chi connectivity index (χ1n) is 6.23. The lowest BCUT2D eigenvalue weighted by Gasteiger charge is -2.33. The number of rotatable bonds is 2. The summed E-state index contributed by atoms with van der Waals surface area (Å²) >= 11 is 0. The number of hydrazine groups is 1. The molecule has 0 aromatic carbocycles. The van der Waals surface area contributed by atoms with Gasteiger partial charge >= 0.3 is 5.97 Å². The zero-order valence-electron chi connectivity index (χ0n) is 9.85. The second kappa shape index (κ2) is 4.20. The highest BCUT2D eigenvalue weighted by atomic mass is 16.5. The van der Waals surface area contributed by atoms with Crippen LogP contribution in [0.25, 0.3) is 0 Å². The smallest absolute Gasteiger partial charge is 0.322 e. The summed E-state index contributed by atoms with van der Waals surface area (Å²) in [7, 11) is 1.74. The molecule has 3 aliphatic rings. The molecule has 6 unspecified atom stereocenters. The molecule has 96 valence electrons. The van der Waals surface area contributed by atoms with Crippen molar-refractivity contribution in [1.82, 2.24) is 16.2 Å². The molecule has 3 fully saturated rings. The number of carbonyl (C=O) groups is 1. The van der Waals surface area contributed by atoms with Gasteiger partial charge in [0.2, 0.25) is 0 Å². The highest BCUT2D eigenvalue weighted by molar-refractivity contribution is 5.74. The molecule has 0 aromatic heterocycles. The standard InChI is InChI=1S/C11H19N3O3/c1-17-5-2-3-7-6(4-5)8-9(11(15)16)13-14-10(8)12-7/h5-10,12-14H,2-4H2,1H3,(H,15,16). The molecule has 6 nitrogen and oxygen atoms in total. The van der Waals surface area contributed by atoms with Crippen LogP contribution in [-0.4, -0.2) is 42.5 Å². The van der Waals surface area contributed by atoms with Crippen molar-refractivity contribution in [3.8, 4) is 0 Å². The highest BCUT2D eigenvalue weighted by Gasteiger charge is 2.53. The van der Waals surface area contributed by atoms with E-state index >= 15 is 0 Å². The van der Waals surface area contributed by atoms with Crippen LogP contribution in [0.5, 0.6) is 0 Å². The maximum atomic E-state index is 11.2. The molecular weight excluding hydrogens is 222 g/mol. The lowest BCUT2D eigenvalue weighted by Crippen LogP contribution is -2.47. The van der Waals surface area contributed by atoms with Crippen molar-refractivity contribution >= 4 is 5.97 Å². The molecule has 0 amide bonds. The fourth-order valence-corrected chi connectivity index (χ4v) is 3.68. The van der Waals surface area contributed by atoms with E-state index in [1.54, 1.807) is 7.11 Å². The Bertz CT molecular complexity index is 325. The summed E-state index contributed by atoms with van der Waals surface area (Å²) in [6, 6.07) is -0.0500. The second-order valence-electron chi connectivity index (χ2n) is 5.27. The van der Waals surface area contributed by atoms with Gasteiger partial charge < -0.3 is 9.84 Å². The van der Waals surface area contributed by atoms with Crippen molar-refractivity contribution in [1.29, 1.82) is 0 Å². The van der Waals surface area contributed by atoms with Gasteiger partial charge in [0.15, 0.2) is 0 Å². The second-order valence-corrected chi connectivity index (χ2v) is 5.27. The largest absolute Gasteiger partial charge is 0.480 e. The third-order valence-corrected chi connectivity index (χ3v) is 4.50. The number of carboxylic acids is 1. The van der Waals surface area contributed by atoms with Gasteiger partial charge in [-0.1, -0.05) is 0 Å². The van der Waals surface area contributed by atoms with Crippen LogP contribution in [0.4, 0.5) is 0 Å². The van der Waals surface area contributed by atoms with E-state index in [4.69, 9.17) is 4.74 Å². The van der Waals surface area contributed by atoms with Crippen molar-refractivity contribution in [2.45, 2.75) is 43.6 Å². The van der Waals surface area contributed by atoms with Gasteiger partial charge in [0, 0.05) is 19.1 Å². The Morgan fingerprint density at radius 2 is 2.18 bits per heavy atom. The molecule has 4 N–H and O–H groups in total. The Morgan fingerprint density at radius 1 is 1.35 bits per heavy atom. The van der Waals surface area contributed by atoms with E-state index in [1.807, 2.05) is 0 Å². The molecule has 2 saturated heterocycles. The zero-order valence-corrected chi connectivity index (χ0v) is 9.85. The number of carboxylic acid groups (broad SMARTS) is 1. The molecule has 2 aliphatic heterocycles. The number of nitrogens with one attached hydrogen (secondary N) is 3. The average Bonchev–Trinajstić information content (AvgIpc) is 2.86. The Balaban J connectivity index is 1.78. The van der Waals surface area contributed by atoms with Gasteiger partial charge in [0.1, 0.15) is 6.04 Å². The SMILES string of the molecule is COC1CCC2NC3NNC(C(=O)O)C3C2C1. The maximum Gasteiger partial charge on any atom is 0.322 e. The van der Waals surface area contributed by atoms with Crippen LogP contribution in [0, 0.1) is 11.8 Å². The minimum Gasteiger partial charge on any atom is -0.480 e. The first-order chi connectivity index (χ1) is 8.20. The first kappa shape index (κ1) is 11.4. The maximum absolute atomic E-state index is 11.2. The predicted molar refractivity (Wildman–Crippen MR) is 60.0 cm³/mol. The lowest BCUT2D eigenvalue weighted by atomic mass is 9.76. The monoisotopic (exact) mass is 241 g/mol. The zero-order chi connectivity index (χ0) is 12.0. The summed E-state index contributed by atoms with van der Waals surface area (Å²) < 4.78 is 5.43. The molecule has 1 aliphatic carbocycles. The topological polar surface area (TPSA) is 82.6 Å². The number of hydrogen-bond acceptors (Lipinski definition) is 5. The van der Waals surface area contributed by atoms with Crippen molar-refractivity contribution in [2.75, 3.05) is 7.11 Å². The first-order valence-corrected chi connectivity index (χ1v) is 6.23. The van der Waals surface area contributed by atoms with Gasteiger partial charge in [-0.3, -0.25) is 10.1 Å². The van der Waals surface area contributed by atoms with Crippen LogP contribution in [0.1, 0.15) is 19.3 Å². The lowest BCUT2D eigenvalue weighted by molar-refractivity contribution is -0.140. The summed E-state index contributed by atoms with van der Waals surface area (Å²) in [5, 5.41) is 12.7. The number of fused-ring (bicyclic) bond motifs is 3. The highest BCUT2D eigenvalue weighted by Crippen LogP contribution is 2.41. The molecule has 0 radical (unpaired) electrons. The quantitative estimate of drug-likeness (QED) is 0.510. The van der Waals surface area contributed by atoms with Crippen LogP contribution in [0.2, 0.25) is 0 Å². The Morgan fingerprint density at radius 3 is 2.88 bits per heavy atom. The molecule has 6 atom stereocenters. The molecule has 0 bridgehead atoms. The molecule has 2 heterocycles. The third kappa shape index (κ3) is 1.76. The van der Waals surface area contributed by atoms with Crippen molar-refractivity contribution in [3.05, 3.63) is 0 Å². The molecule has 6 heteroatoms. The van der Waals surface area contributed by atoms with E-state index in [0.717, 1.165) is 19.3 Å². The van der Waals surface area contributed by atoms with Crippen molar-refractivity contribution in [3.63, 3.8) is 0 Å². The Labute approximate surface area is 100 Å². The van der Waals surface area contributed by atoms with Gasteiger partial charge in [0.05, 0.1) is 12.3 Å². The van der Waals surface area contributed by atoms with E-state index in [2.05, 4.69) is 16.2 Å². The number of ether oxygens (including phenoxy) is 1. The van der Waals surface area contributed by atoms with Crippen LogP contribution in [0.3, 0.4) is 0 Å². The van der Waals surface area contributed by atoms with Gasteiger partial charge in [-0.05, 0) is 25.2 Å². The average molecular weight is 241 g/mol. The van der Waals surface area contributed by atoms with Crippen molar-refractivity contribution < 1.29 is 14.6 Å². The predicted octanol–water partition coefficient (Wildman–Crippen LogP) is -0.723. The third-order valence-electron chi connectivity index (χ3n) is 4.50. The molecular formula is C11H19N3O3. The van der Waals surface area contributed by atoms with Crippen molar-refractivity contribution in [2.24, 2.45) is 11.8 Å². The number of methoxy groups -OCH3 is 1. The van der Waals surface area contributed by atoms with Crippen LogP contribution in [0.15, 0.2) is 0 Å². The van der Waals surface area contributed by atoms with E-state index < -0.39 is 12.0 Å². The summed E-state index contributed by atoms with van der Waals surface area (Å²) in [5.74, 6) is -0.259. The number of hydrogen-bond donors (Lipinski definition) is 4. The summed E-state index contributed by atoms with van der Waals surface area (Å²) in [6.45, 7) is 0. The van der Waals surface area contributed by atoms with E-state index in [9.17, 15) is 9.90 Å². The Hall–Kier alpha value is -0.690. The Kier molecular flexibility index (Phi) is 2.82. The molecule has 17 heavy (non-hydrogen) atoms. The normalized spacial score (nSPS) is 48.8. The molecule has 1 saturated carbocycles. The minimum absolute atomic E-state index is 0.0849.